The van der Waals surface area contributed by atoms with Crippen molar-refractivity contribution in [2.45, 2.75) is 24.0 Å². The van der Waals surface area contributed by atoms with E-state index in [0.29, 0.717) is 38.6 Å². The molecule has 0 saturated heterocycles. The van der Waals surface area contributed by atoms with Gasteiger partial charge in [-0.3, -0.25) is 14.7 Å². The lowest BCUT2D eigenvalue weighted by atomic mass is 10.1. The molecule has 10 heteroatoms. The van der Waals surface area contributed by atoms with E-state index in [0.717, 1.165) is 12.8 Å². The van der Waals surface area contributed by atoms with Gasteiger partial charge in [0.15, 0.2) is 5.82 Å². The molecule has 160 valence electrons. The van der Waals surface area contributed by atoms with Gasteiger partial charge in [0.1, 0.15) is 5.75 Å². The van der Waals surface area contributed by atoms with Crippen LogP contribution in [0.1, 0.15) is 23.2 Å². The molecule has 8 nitrogen and oxygen atoms in total. The number of aromatic amines is 1. The van der Waals surface area contributed by atoms with Gasteiger partial charge in [0.25, 0.3) is 5.91 Å². The summed E-state index contributed by atoms with van der Waals surface area (Å²) < 4.78 is 5.34. The number of hydrogen-bond acceptors (Lipinski definition) is 6. The summed E-state index contributed by atoms with van der Waals surface area (Å²) in [4.78, 5) is 29.2. The summed E-state index contributed by atoms with van der Waals surface area (Å²) in [5.41, 5.74) is 1.60. The monoisotopic (exact) mass is 457 g/mol. The normalized spacial score (nSPS) is 13.0. The summed E-state index contributed by atoms with van der Waals surface area (Å²) in [7, 11) is 1.56. The highest BCUT2D eigenvalue weighted by Gasteiger charge is 2.25. The van der Waals surface area contributed by atoms with Gasteiger partial charge in [-0.15, -0.1) is 5.10 Å². The van der Waals surface area contributed by atoms with Crippen LogP contribution < -0.4 is 15.4 Å². The van der Waals surface area contributed by atoms with E-state index >= 15 is 0 Å². The van der Waals surface area contributed by atoms with Crippen LogP contribution in [-0.4, -0.2) is 45.9 Å². The van der Waals surface area contributed by atoms with Gasteiger partial charge in [-0.2, -0.15) is 0 Å². The highest BCUT2D eigenvalue weighted by molar-refractivity contribution is 7.99. The molecule has 3 N–H and O–H groups in total. The summed E-state index contributed by atoms with van der Waals surface area (Å²) in [5, 5.41) is 13.7. The van der Waals surface area contributed by atoms with Gasteiger partial charge in [-0.05, 0) is 43.2 Å². The van der Waals surface area contributed by atoms with Crippen molar-refractivity contribution in [3.63, 3.8) is 0 Å². The predicted molar refractivity (Wildman–Crippen MR) is 120 cm³/mol. The van der Waals surface area contributed by atoms with Crippen LogP contribution in [0.15, 0.2) is 47.6 Å². The highest BCUT2D eigenvalue weighted by atomic mass is 35.5. The Balaban J connectivity index is 1.38. The average molecular weight is 458 g/mol. The number of hydrogen-bond donors (Lipinski definition) is 3. The van der Waals surface area contributed by atoms with Gasteiger partial charge in [0.05, 0.1) is 29.7 Å². The number of nitrogens with one attached hydrogen (secondary N) is 3. The Morgan fingerprint density at radius 3 is 2.84 bits per heavy atom. The van der Waals surface area contributed by atoms with Gasteiger partial charge in [-0.25, -0.2) is 4.98 Å². The molecule has 2 aromatic carbocycles. The Labute approximate surface area is 188 Å². The second kappa shape index (κ2) is 9.40. The minimum atomic E-state index is -0.261. The van der Waals surface area contributed by atoms with Crippen molar-refractivity contribution in [3.8, 4) is 17.1 Å². The second-order valence-corrected chi connectivity index (χ2v) is 8.32. The summed E-state index contributed by atoms with van der Waals surface area (Å²) in [5.74, 6) is 0.742. The molecule has 0 radical (unpaired) electrons. The number of benzene rings is 2. The van der Waals surface area contributed by atoms with Gasteiger partial charge in [-0.1, -0.05) is 35.5 Å². The topological polar surface area (TPSA) is 109 Å². The number of para-hydroxylation sites is 1. The predicted octanol–water partition coefficient (Wildman–Crippen LogP) is 3.76. The van der Waals surface area contributed by atoms with Crippen LogP contribution in [0.4, 0.5) is 5.69 Å². The molecule has 1 aromatic heterocycles. The summed E-state index contributed by atoms with van der Waals surface area (Å²) in [6, 6.07) is 12.4. The number of ether oxygens (including phenoxy) is 1. The Morgan fingerprint density at radius 1 is 1.26 bits per heavy atom. The summed E-state index contributed by atoms with van der Waals surface area (Å²) in [6.07, 6.45) is 1.99. The Kier molecular flexibility index (Phi) is 6.43. The van der Waals surface area contributed by atoms with Gasteiger partial charge in [0, 0.05) is 11.1 Å². The van der Waals surface area contributed by atoms with E-state index in [-0.39, 0.29) is 23.6 Å². The third kappa shape index (κ3) is 5.36. The molecule has 0 unspecified atom stereocenters. The molecule has 2 amide bonds. The standard InChI is InChI=1S/C21H20ClN5O3S/c1-30-17-9-6-12(22)10-15(17)19-25-21(27-26-19)31-11-18(28)24-16-5-3-2-4-14(16)20(29)23-13-7-8-13/h2-6,9-10,13H,7-8,11H2,1H3,(H,23,29)(H,24,28)(H,25,26,27). The van der Waals surface area contributed by atoms with E-state index in [2.05, 4.69) is 25.8 Å². The minimum Gasteiger partial charge on any atom is -0.496 e. The van der Waals surface area contributed by atoms with Crippen molar-refractivity contribution in [3.05, 3.63) is 53.1 Å². The zero-order valence-electron chi connectivity index (χ0n) is 16.6. The first-order valence-corrected chi connectivity index (χ1v) is 11.0. The molecule has 3 aromatic rings. The van der Waals surface area contributed by atoms with E-state index in [9.17, 15) is 9.59 Å². The average Bonchev–Trinajstić information content (AvgIpc) is 3.45. The largest absolute Gasteiger partial charge is 0.496 e. The van der Waals surface area contributed by atoms with Crippen molar-refractivity contribution >= 4 is 40.9 Å². The number of rotatable bonds is 8. The maximum absolute atomic E-state index is 12.5. The van der Waals surface area contributed by atoms with Crippen LogP contribution in [0, 0.1) is 0 Å². The number of aromatic nitrogens is 3. The zero-order chi connectivity index (χ0) is 21.8. The number of nitrogens with zero attached hydrogens (tertiary/aromatic N) is 2. The number of carbonyl (C=O) groups is 2. The van der Waals surface area contributed by atoms with Crippen LogP contribution in [0.3, 0.4) is 0 Å². The fourth-order valence-electron chi connectivity index (χ4n) is 2.89. The van der Waals surface area contributed by atoms with Crippen LogP contribution in [0.25, 0.3) is 11.4 Å². The van der Waals surface area contributed by atoms with Crippen LogP contribution in [-0.2, 0) is 4.79 Å². The number of methoxy groups -OCH3 is 1. The van der Waals surface area contributed by atoms with E-state index in [1.807, 2.05) is 0 Å². The molecule has 0 atom stereocenters. The van der Waals surface area contributed by atoms with E-state index in [4.69, 9.17) is 16.3 Å². The fraction of sp³-hybridized carbons (Fsp3) is 0.238. The molecule has 4 rings (SSSR count). The first-order chi connectivity index (χ1) is 15.0. The Bertz CT molecular complexity index is 1120. The molecule has 31 heavy (non-hydrogen) atoms. The lowest BCUT2D eigenvalue weighted by Crippen LogP contribution is -2.27. The van der Waals surface area contributed by atoms with E-state index in [1.54, 1.807) is 49.6 Å². The molecular formula is C21H20ClN5O3S. The van der Waals surface area contributed by atoms with Gasteiger partial charge in [0.2, 0.25) is 11.1 Å². The molecule has 1 aliphatic rings. The zero-order valence-corrected chi connectivity index (χ0v) is 18.2. The van der Waals surface area contributed by atoms with Gasteiger partial charge >= 0.3 is 0 Å². The number of thioether (sulfide) groups is 1. The van der Waals surface area contributed by atoms with E-state index in [1.165, 1.54) is 11.8 Å². The molecule has 1 heterocycles. The number of H-pyrrole nitrogens is 1. The summed E-state index contributed by atoms with van der Waals surface area (Å²) in [6.45, 7) is 0. The Morgan fingerprint density at radius 2 is 2.06 bits per heavy atom. The summed E-state index contributed by atoms with van der Waals surface area (Å²) >= 11 is 7.25. The van der Waals surface area contributed by atoms with Crippen molar-refractivity contribution in [2.75, 3.05) is 18.2 Å². The van der Waals surface area contributed by atoms with Crippen molar-refractivity contribution in [1.29, 1.82) is 0 Å². The number of carbonyl (C=O) groups excluding carboxylic acids is 2. The number of halogens is 1. The molecule has 0 aliphatic heterocycles. The fourth-order valence-corrected chi connectivity index (χ4v) is 3.66. The first-order valence-electron chi connectivity index (χ1n) is 9.62. The van der Waals surface area contributed by atoms with E-state index < -0.39 is 0 Å². The maximum atomic E-state index is 12.5. The van der Waals surface area contributed by atoms with Crippen molar-refractivity contribution < 1.29 is 14.3 Å². The van der Waals surface area contributed by atoms with Crippen LogP contribution >= 0.6 is 23.4 Å². The minimum absolute atomic E-state index is 0.0859. The Hall–Kier alpha value is -3.04. The maximum Gasteiger partial charge on any atom is 0.253 e. The number of anilines is 1. The van der Waals surface area contributed by atoms with Crippen molar-refractivity contribution in [2.24, 2.45) is 0 Å². The van der Waals surface area contributed by atoms with Crippen molar-refractivity contribution in [1.82, 2.24) is 20.5 Å². The first kappa shape index (κ1) is 21.2. The number of amides is 2. The van der Waals surface area contributed by atoms with Crippen LogP contribution in [0.2, 0.25) is 5.02 Å². The molecule has 1 fully saturated rings. The molecule has 1 aliphatic carbocycles. The smallest absolute Gasteiger partial charge is 0.253 e. The molecular weight excluding hydrogens is 438 g/mol. The molecule has 1 saturated carbocycles. The lowest BCUT2D eigenvalue weighted by molar-refractivity contribution is -0.113. The highest BCUT2D eigenvalue weighted by Crippen LogP contribution is 2.31. The molecule has 0 spiro atoms. The third-order valence-corrected chi connectivity index (χ3v) is 5.65. The second-order valence-electron chi connectivity index (χ2n) is 6.94. The third-order valence-electron chi connectivity index (χ3n) is 4.57. The SMILES string of the molecule is COc1ccc(Cl)cc1-c1nc(SCC(=O)Nc2ccccc2C(=O)NC2CC2)n[nH]1. The lowest BCUT2D eigenvalue weighted by Gasteiger charge is -2.10. The van der Waals surface area contributed by atoms with Crippen LogP contribution in [0.5, 0.6) is 5.75 Å². The van der Waals surface area contributed by atoms with Gasteiger partial charge < -0.3 is 15.4 Å². The quantitative estimate of drug-likeness (QED) is 0.444. The molecule has 0 bridgehead atoms.